The predicted molar refractivity (Wildman–Crippen MR) is 61.7 cm³/mol. The summed E-state index contributed by atoms with van der Waals surface area (Å²) < 4.78 is 4.99. The number of ether oxygens (including phenoxy) is 1. The van der Waals surface area contributed by atoms with E-state index in [4.69, 9.17) is 4.74 Å². The first-order valence-electron chi connectivity index (χ1n) is 5.24. The zero-order chi connectivity index (χ0) is 12.4. The highest BCUT2D eigenvalue weighted by Crippen LogP contribution is 2.16. The van der Waals surface area contributed by atoms with Crippen LogP contribution in [0.25, 0.3) is 10.9 Å². The van der Waals surface area contributed by atoms with Gasteiger partial charge in [0.15, 0.2) is 17.6 Å². The molecule has 5 nitrogen and oxygen atoms in total. The van der Waals surface area contributed by atoms with E-state index in [0.717, 1.165) is 5.52 Å². The Bertz CT molecular complexity index is 574. The van der Waals surface area contributed by atoms with Gasteiger partial charge in [0.05, 0.1) is 5.52 Å². The molecule has 0 aliphatic carbocycles. The third-order valence-corrected chi connectivity index (χ3v) is 2.52. The van der Waals surface area contributed by atoms with E-state index in [2.05, 4.69) is 10.2 Å². The zero-order valence-electron chi connectivity index (χ0n) is 9.56. The van der Waals surface area contributed by atoms with Crippen LogP contribution < -0.4 is 0 Å². The Labute approximate surface area is 97.8 Å². The lowest BCUT2D eigenvalue weighted by Crippen LogP contribution is -2.22. The molecule has 17 heavy (non-hydrogen) atoms. The predicted octanol–water partition coefficient (Wildman–Crippen LogP) is 1.70. The van der Waals surface area contributed by atoms with E-state index < -0.39 is 12.1 Å². The summed E-state index contributed by atoms with van der Waals surface area (Å²) in [5.41, 5.74) is 0.962. The Morgan fingerprint density at radius 1 is 1.35 bits per heavy atom. The minimum Gasteiger partial charge on any atom is -0.450 e. The summed E-state index contributed by atoms with van der Waals surface area (Å²) in [7, 11) is 0. The van der Waals surface area contributed by atoms with Crippen LogP contribution in [0.3, 0.4) is 0 Å². The Morgan fingerprint density at radius 2 is 2.06 bits per heavy atom. The number of carbonyl (C=O) groups excluding carboxylic acids is 2. The van der Waals surface area contributed by atoms with Crippen LogP contribution in [0.4, 0.5) is 0 Å². The third-order valence-electron chi connectivity index (χ3n) is 2.52. The fourth-order valence-electron chi connectivity index (χ4n) is 1.42. The number of aromatic nitrogens is 2. The van der Waals surface area contributed by atoms with Crippen molar-refractivity contribution in [3.05, 3.63) is 30.0 Å². The number of hydrogen-bond donors (Lipinski definition) is 1. The van der Waals surface area contributed by atoms with Gasteiger partial charge in [0.1, 0.15) is 0 Å². The van der Waals surface area contributed by atoms with Gasteiger partial charge in [-0.2, -0.15) is 5.10 Å². The molecular weight excluding hydrogens is 220 g/mol. The molecule has 1 aromatic heterocycles. The average molecular weight is 232 g/mol. The van der Waals surface area contributed by atoms with Gasteiger partial charge in [-0.15, -0.1) is 0 Å². The number of H-pyrrole nitrogens is 1. The topological polar surface area (TPSA) is 72.1 Å². The number of esters is 1. The van der Waals surface area contributed by atoms with Crippen LogP contribution >= 0.6 is 0 Å². The molecule has 0 bridgehead atoms. The summed E-state index contributed by atoms with van der Waals surface area (Å²) in [6.45, 7) is 2.91. The Balaban J connectivity index is 2.28. The molecule has 2 rings (SSSR count). The first-order chi connectivity index (χ1) is 8.09. The van der Waals surface area contributed by atoms with Gasteiger partial charge >= 0.3 is 5.97 Å². The van der Waals surface area contributed by atoms with Crippen molar-refractivity contribution in [2.75, 3.05) is 0 Å². The van der Waals surface area contributed by atoms with Crippen molar-refractivity contribution in [3.8, 4) is 0 Å². The molecule has 0 aliphatic rings. The van der Waals surface area contributed by atoms with Gasteiger partial charge < -0.3 is 4.74 Å². The third kappa shape index (κ3) is 2.18. The number of Topliss-reactive ketones (excluding diaryl/α,β-unsaturated/α-hetero) is 1. The summed E-state index contributed by atoms with van der Waals surface area (Å²) >= 11 is 0. The molecular formula is C12H12N2O3. The fraction of sp³-hybridized carbons (Fsp3) is 0.250. The Hall–Kier alpha value is -2.17. The highest BCUT2D eigenvalue weighted by atomic mass is 16.5. The average Bonchev–Trinajstić information content (AvgIpc) is 2.72. The first-order valence-corrected chi connectivity index (χ1v) is 5.24. The molecule has 1 heterocycles. The van der Waals surface area contributed by atoms with E-state index in [0.29, 0.717) is 5.39 Å². The molecule has 0 aliphatic heterocycles. The van der Waals surface area contributed by atoms with Gasteiger partial charge in [-0.3, -0.25) is 9.89 Å². The SMILES string of the molecule is CC(=O)C(C)OC(=O)c1n[nH]c2ccccc12. The number of ketones is 1. The van der Waals surface area contributed by atoms with Crippen molar-refractivity contribution in [1.29, 1.82) is 0 Å². The standard InChI is InChI=1S/C12H12N2O3/c1-7(15)8(2)17-12(16)11-9-5-3-4-6-10(9)13-14-11/h3-6,8H,1-2H3,(H,13,14). The van der Waals surface area contributed by atoms with E-state index in [9.17, 15) is 9.59 Å². The van der Waals surface area contributed by atoms with Gasteiger partial charge in [-0.05, 0) is 19.9 Å². The van der Waals surface area contributed by atoms with Crippen LogP contribution in [0.15, 0.2) is 24.3 Å². The van der Waals surface area contributed by atoms with E-state index in [1.54, 1.807) is 6.07 Å². The summed E-state index contributed by atoms with van der Waals surface area (Å²) in [4.78, 5) is 22.8. The molecule has 1 atom stereocenters. The molecule has 88 valence electrons. The van der Waals surface area contributed by atoms with Gasteiger partial charge in [0, 0.05) is 5.39 Å². The summed E-state index contributed by atoms with van der Waals surface area (Å²) in [5, 5.41) is 7.32. The summed E-state index contributed by atoms with van der Waals surface area (Å²) in [6.07, 6.45) is -0.752. The second-order valence-electron chi connectivity index (χ2n) is 3.78. The van der Waals surface area contributed by atoms with Crippen LogP contribution in [0, 0.1) is 0 Å². The second-order valence-corrected chi connectivity index (χ2v) is 3.78. The highest BCUT2D eigenvalue weighted by Gasteiger charge is 2.19. The van der Waals surface area contributed by atoms with Crippen molar-refractivity contribution < 1.29 is 14.3 Å². The Morgan fingerprint density at radius 3 is 2.76 bits per heavy atom. The monoisotopic (exact) mass is 232 g/mol. The fourth-order valence-corrected chi connectivity index (χ4v) is 1.42. The van der Waals surface area contributed by atoms with Crippen molar-refractivity contribution in [3.63, 3.8) is 0 Å². The minimum absolute atomic E-state index is 0.196. The number of rotatable bonds is 3. The van der Waals surface area contributed by atoms with E-state index >= 15 is 0 Å². The molecule has 2 aromatic rings. The number of carbonyl (C=O) groups is 2. The van der Waals surface area contributed by atoms with E-state index in [1.165, 1.54) is 13.8 Å². The molecule has 0 amide bonds. The van der Waals surface area contributed by atoms with Gasteiger partial charge in [0.25, 0.3) is 0 Å². The summed E-state index contributed by atoms with van der Waals surface area (Å²) in [5.74, 6) is -0.789. The zero-order valence-corrected chi connectivity index (χ0v) is 9.56. The molecule has 0 spiro atoms. The largest absolute Gasteiger partial charge is 0.450 e. The van der Waals surface area contributed by atoms with Crippen molar-refractivity contribution >= 4 is 22.7 Å². The lowest BCUT2D eigenvalue weighted by molar-refractivity contribution is -0.124. The number of hydrogen-bond acceptors (Lipinski definition) is 4. The molecule has 0 radical (unpaired) electrons. The lowest BCUT2D eigenvalue weighted by atomic mass is 10.2. The van der Waals surface area contributed by atoms with E-state index in [1.807, 2.05) is 18.2 Å². The second kappa shape index (κ2) is 4.37. The quantitative estimate of drug-likeness (QED) is 0.817. The number of nitrogens with one attached hydrogen (secondary N) is 1. The molecule has 0 saturated carbocycles. The lowest BCUT2D eigenvalue weighted by Gasteiger charge is -2.08. The van der Waals surface area contributed by atoms with Crippen LogP contribution in [-0.2, 0) is 9.53 Å². The van der Waals surface area contributed by atoms with Crippen molar-refractivity contribution in [1.82, 2.24) is 10.2 Å². The maximum absolute atomic E-state index is 11.8. The molecule has 0 fully saturated rings. The van der Waals surface area contributed by atoms with Crippen molar-refractivity contribution in [2.45, 2.75) is 20.0 Å². The maximum atomic E-state index is 11.8. The first kappa shape index (κ1) is 11.3. The van der Waals surface area contributed by atoms with Crippen LogP contribution in [0.2, 0.25) is 0 Å². The number of para-hydroxylation sites is 1. The number of aromatic amines is 1. The van der Waals surface area contributed by atoms with Crippen LogP contribution in [0.5, 0.6) is 0 Å². The molecule has 1 aromatic carbocycles. The number of fused-ring (bicyclic) bond motifs is 1. The number of benzene rings is 1. The maximum Gasteiger partial charge on any atom is 0.360 e. The minimum atomic E-state index is -0.752. The van der Waals surface area contributed by atoms with Gasteiger partial charge in [-0.1, -0.05) is 18.2 Å². The van der Waals surface area contributed by atoms with Crippen LogP contribution in [0.1, 0.15) is 24.3 Å². The van der Waals surface area contributed by atoms with Crippen LogP contribution in [-0.4, -0.2) is 28.1 Å². The van der Waals surface area contributed by atoms with Crippen molar-refractivity contribution in [2.24, 2.45) is 0 Å². The highest BCUT2D eigenvalue weighted by molar-refractivity contribution is 6.02. The van der Waals surface area contributed by atoms with Gasteiger partial charge in [0.2, 0.25) is 0 Å². The smallest absolute Gasteiger partial charge is 0.360 e. The Kier molecular flexibility index (Phi) is 2.91. The number of nitrogens with zero attached hydrogens (tertiary/aromatic N) is 1. The van der Waals surface area contributed by atoms with Gasteiger partial charge in [-0.25, -0.2) is 4.79 Å². The summed E-state index contributed by atoms with van der Waals surface area (Å²) in [6, 6.07) is 7.23. The van der Waals surface area contributed by atoms with E-state index in [-0.39, 0.29) is 11.5 Å². The molecule has 5 heteroatoms. The molecule has 1 unspecified atom stereocenters. The molecule has 1 N–H and O–H groups in total. The normalized spacial score (nSPS) is 12.4. The molecule has 0 saturated heterocycles.